The van der Waals surface area contributed by atoms with Crippen molar-refractivity contribution in [1.29, 1.82) is 0 Å². The van der Waals surface area contributed by atoms with E-state index in [9.17, 15) is 22.8 Å². The number of ether oxygens (including phenoxy) is 2. The van der Waals surface area contributed by atoms with Gasteiger partial charge in [0.05, 0.1) is 17.7 Å². The van der Waals surface area contributed by atoms with Gasteiger partial charge >= 0.3 is 18.2 Å². The van der Waals surface area contributed by atoms with Crippen molar-refractivity contribution in [3.8, 4) is 0 Å². The van der Waals surface area contributed by atoms with Gasteiger partial charge in [-0.3, -0.25) is 4.90 Å². The van der Waals surface area contributed by atoms with Gasteiger partial charge < -0.3 is 14.8 Å². The van der Waals surface area contributed by atoms with E-state index < -0.39 is 29.4 Å². The number of esters is 1. The quantitative estimate of drug-likeness (QED) is 0.684. The van der Waals surface area contributed by atoms with Crippen LogP contribution in [0.5, 0.6) is 0 Å². The number of hydrogen-bond acceptors (Lipinski definition) is 5. The minimum absolute atomic E-state index is 0.0917. The van der Waals surface area contributed by atoms with E-state index in [-0.39, 0.29) is 30.2 Å². The van der Waals surface area contributed by atoms with E-state index >= 15 is 0 Å². The van der Waals surface area contributed by atoms with Crippen LogP contribution in [-0.4, -0.2) is 48.8 Å². The Labute approximate surface area is 174 Å². The number of carbonyl (C=O) groups is 2. The first-order valence-corrected chi connectivity index (χ1v) is 9.95. The van der Waals surface area contributed by atoms with E-state index in [1.807, 2.05) is 4.90 Å². The predicted octanol–water partition coefficient (Wildman–Crippen LogP) is 4.23. The molecule has 1 aliphatic rings. The molecule has 1 amide bonds. The molecule has 1 aromatic carbocycles. The standard InChI is InChI=1S/C21H29F3N2O4/c1-5-29-18(27)15-6-7-16(17(10-15)21(22,23)24)13-26-9-8-14(12-26)11-25-19(28)30-20(2,3)4/h6-7,10,14H,5,8-9,11-13H2,1-4H3,(H,25,28)/t14-/m0/s1. The molecule has 1 N–H and O–H groups in total. The first kappa shape index (κ1) is 24.0. The van der Waals surface area contributed by atoms with Crippen molar-refractivity contribution in [2.75, 3.05) is 26.2 Å². The Hall–Kier alpha value is -2.29. The number of nitrogens with one attached hydrogen (secondary N) is 1. The van der Waals surface area contributed by atoms with Gasteiger partial charge in [0.15, 0.2) is 0 Å². The molecule has 9 heteroatoms. The minimum atomic E-state index is -4.57. The first-order chi connectivity index (χ1) is 13.9. The summed E-state index contributed by atoms with van der Waals surface area (Å²) in [5, 5.41) is 2.71. The molecule has 30 heavy (non-hydrogen) atoms. The Morgan fingerprint density at radius 3 is 2.53 bits per heavy atom. The normalized spacial score (nSPS) is 17.6. The highest BCUT2D eigenvalue weighted by atomic mass is 19.4. The number of benzene rings is 1. The second-order valence-electron chi connectivity index (χ2n) is 8.36. The van der Waals surface area contributed by atoms with Gasteiger partial charge in [0.2, 0.25) is 0 Å². The lowest BCUT2D eigenvalue weighted by Gasteiger charge is -2.21. The van der Waals surface area contributed by atoms with Gasteiger partial charge in [0, 0.05) is 19.6 Å². The van der Waals surface area contributed by atoms with Gasteiger partial charge in [-0.2, -0.15) is 13.2 Å². The molecule has 1 fully saturated rings. The van der Waals surface area contributed by atoms with Crippen LogP contribution in [0.1, 0.15) is 55.6 Å². The van der Waals surface area contributed by atoms with Gasteiger partial charge in [-0.1, -0.05) is 6.07 Å². The maximum atomic E-state index is 13.5. The highest BCUT2D eigenvalue weighted by Crippen LogP contribution is 2.34. The van der Waals surface area contributed by atoms with E-state index in [0.717, 1.165) is 12.5 Å². The third-order valence-electron chi connectivity index (χ3n) is 4.62. The average molecular weight is 430 g/mol. The number of alkyl carbamates (subject to hydrolysis) is 1. The number of rotatable bonds is 6. The van der Waals surface area contributed by atoms with Crippen LogP contribution in [0.3, 0.4) is 0 Å². The third-order valence-corrected chi connectivity index (χ3v) is 4.62. The van der Waals surface area contributed by atoms with Crippen LogP contribution in [-0.2, 0) is 22.2 Å². The summed E-state index contributed by atoms with van der Waals surface area (Å²) in [5.41, 5.74) is -1.43. The van der Waals surface area contributed by atoms with Crippen molar-refractivity contribution in [3.05, 3.63) is 34.9 Å². The first-order valence-electron chi connectivity index (χ1n) is 9.95. The summed E-state index contributed by atoms with van der Waals surface area (Å²) in [7, 11) is 0. The zero-order chi connectivity index (χ0) is 22.5. The maximum Gasteiger partial charge on any atom is 0.416 e. The van der Waals surface area contributed by atoms with Crippen LogP contribution in [0.25, 0.3) is 0 Å². The molecular weight excluding hydrogens is 401 g/mol. The van der Waals surface area contributed by atoms with E-state index in [1.165, 1.54) is 12.1 Å². The van der Waals surface area contributed by atoms with Crippen molar-refractivity contribution in [2.24, 2.45) is 5.92 Å². The number of likely N-dealkylation sites (tertiary alicyclic amines) is 1. The highest BCUT2D eigenvalue weighted by Gasteiger charge is 2.35. The Morgan fingerprint density at radius 2 is 1.93 bits per heavy atom. The largest absolute Gasteiger partial charge is 0.462 e. The van der Waals surface area contributed by atoms with Crippen LogP contribution in [0.15, 0.2) is 18.2 Å². The van der Waals surface area contributed by atoms with Crippen LogP contribution in [0.4, 0.5) is 18.0 Å². The summed E-state index contributed by atoms with van der Waals surface area (Å²) in [6.07, 6.45) is -4.32. The zero-order valence-electron chi connectivity index (χ0n) is 17.8. The van der Waals surface area contributed by atoms with Crippen molar-refractivity contribution >= 4 is 12.1 Å². The summed E-state index contributed by atoms with van der Waals surface area (Å²) in [6.45, 7) is 8.71. The predicted molar refractivity (Wildman–Crippen MR) is 105 cm³/mol. The summed E-state index contributed by atoms with van der Waals surface area (Å²) in [4.78, 5) is 25.5. The molecule has 1 aromatic rings. The van der Waals surface area contributed by atoms with Crippen LogP contribution in [0, 0.1) is 5.92 Å². The van der Waals surface area contributed by atoms with Gasteiger partial charge in [0.25, 0.3) is 0 Å². The Kier molecular flexibility index (Phi) is 7.74. The molecule has 1 atom stereocenters. The summed E-state index contributed by atoms with van der Waals surface area (Å²) in [5.74, 6) is -0.644. The molecular formula is C21H29F3N2O4. The molecule has 1 aliphatic heterocycles. The molecule has 2 rings (SSSR count). The number of carbonyl (C=O) groups excluding carboxylic acids is 2. The third kappa shape index (κ3) is 7.19. The lowest BCUT2D eigenvalue weighted by Crippen LogP contribution is -2.36. The highest BCUT2D eigenvalue weighted by molar-refractivity contribution is 5.89. The second-order valence-corrected chi connectivity index (χ2v) is 8.36. The van der Waals surface area contributed by atoms with Crippen LogP contribution >= 0.6 is 0 Å². The number of nitrogens with zero attached hydrogens (tertiary/aromatic N) is 1. The van der Waals surface area contributed by atoms with E-state index in [4.69, 9.17) is 9.47 Å². The van der Waals surface area contributed by atoms with Gasteiger partial charge in [-0.05, 0) is 64.3 Å². The number of amides is 1. The molecule has 0 bridgehead atoms. The SMILES string of the molecule is CCOC(=O)c1ccc(CN2CC[C@@H](CNC(=O)OC(C)(C)C)C2)c(C(F)(F)F)c1. The van der Waals surface area contributed by atoms with E-state index in [0.29, 0.717) is 19.6 Å². The fourth-order valence-electron chi connectivity index (χ4n) is 3.33. The van der Waals surface area contributed by atoms with Crippen LogP contribution in [0.2, 0.25) is 0 Å². The average Bonchev–Trinajstić information content (AvgIpc) is 3.05. The molecule has 6 nitrogen and oxygen atoms in total. The maximum absolute atomic E-state index is 13.5. The number of hydrogen-bond donors (Lipinski definition) is 1. The topological polar surface area (TPSA) is 67.9 Å². The van der Waals surface area contributed by atoms with E-state index in [1.54, 1.807) is 27.7 Å². The molecule has 0 unspecified atom stereocenters. The Balaban J connectivity index is 1.99. The fourth-order valence-corrected chi connectivity index (χ4v) is 3.33. The fraction of sp³-hybridized carbons (Fsp3) is 0.619. The summed E-state index contributed by atoms with van der Waals surface area (Å²) < 4.78 is 50.6. The zero-order valence-corrected chi connectivity index (χ0v) is 17.8. The lowest BCUT2D eigenvalue weighted by atomic mass is 10.0. The number of halogens is 3. The van der Waals surface area contributed by atoms with Gasteiger partial charge in [-0.15, -0.1) is 0 Å². The smallest absolute Gasteiger partial charge is 0.416 e. The van der Waals surface area contributed by atoms with Gasteiger partial charge in [-0.25, -0.2) is 9.59 Å². The van der Waals surface area contributed by atoms with Crippen molar-refractivity contribution in [1.82, 2.24) is 10.2 Å². The van der Waals surface area contributed by atoms with Crippen LogP contribution < -0.4 is 5.32 Å². The van der Waals surface area contributed by atoms with Crippen molar-refractivity contribution in [3.63, 3.8) is 0 Å². The second kappa shape index (κ2) is 9.68. The van der Waals surface area contributed by atoms with Crippen molar-refractivity contribution < 1.29 is 32.2 Å². The lowest BCUT2D eigenvalue weighted by molar-refractivity contribution is -0.138. The molecule has 1 saturated heterocycles. The molecule has 1 heterocycles. The van der Waals surface area contributed by atoms with E-state index in [2.05, 4.69) is 5.32 Å². The summed E-state index contributed by atoms with van der Waals surface area (Å²) in [6, 6.07) is 3.55. The molecule has 0 aliphatic carbocycles. The molecule has 0 spiro atoms. The summed E-state index contributed by atoms with van der Waals surface area (Å²) >= 11 is 0. The minimum Gasteiger partial charge on any atom is -0.462 e. The monoisotopic (exact) mass is 430 g/mol. The Bertz CT molecular complexity index is 760. The molecule has 0 aromatic heterocycles. The molecule has 0 radical (unpaired) electrons. The Morgan fingerprint density at radius 1 is 1.23 bits per heavy atom. The molecule has 168 valence electrons. The molecule has 0 saturated carbocycles. The van der Waals surface area contributed by atoms with Crippen molar-refractivity contribution in [2.45, 2.75) is 52.4 Å². The van der Waals surface area contributed by atoms with Gasteiger partial charge in [0.1, 0.15) is 5.60 Å². The number of alkyl halides is 3.